The molecule has 0 atom stereocenters. The van der Waals surface area contributed by atoms with Crippen LogP contribution in [0.2, 0.25) is 5.02 Å². The molecule has 6 heteroatoms. The van der Waals surface area contributed by atoms with E-state index in [4.69, 9.17) is 23.8 Å². The van der Waals surface area contributed by atoms with Crippen molar-refractivity contribution < 1.29 is 4.90 Å². The van der Waals surface area contributed by atoms with Gasteiger partial charge in [0.2, 0.25) is 0 Å². The van der Waals surface area contributed by atoms with E-state index in [0.29, 0.717) is 0 Å². The van der Waals surface area contributed by atoms with Gasteiger partial charge in [-0.15, -0.1) is 11.3 Å². The molecule has 1 aromatic carbocycles. The van der Waals surface area contributed by atoms with Gasteiger partial charge in [0.05, 0.1) is 33.7 Å². The molecule has 1 heterocycles. The number of rotatable bonds is 6. The van der Waals surface area contributed by atoms with Crippen molar-refractivity contribution in [2.24, 2.45) is 0 Å². The molecule has 0 spiro atoms. The fourth-order valence-corrected chi connectivity index (χ4v) is 3.25. The van der Waals surface area contributed by atoms with Crippen molar-refractivity contribution in [2.75, 3.05) is 32.5 Å². The van der Waals surface area contributed by atoms with Crippen molar-refractivity contribution in [3.05, 3.63) is 51.2 Å². The number of likely N-dealkylation sites (N-methyl/N-ethyl adjacent to an activating group) is 1. The summed E-state index contributed by atoms with van der Waals surface area (Å²) in [6.45, 7) is 4.76. The largest absolute Gasteiger partial charge is 0.338 e. The number of aryl methyl sites for hydroxylation is 1. The third-order valence-electron chi connectivity index (χ3n) is 3.52. The Morgan fingerprint density at radius 1 is 1.35 bits per heavy atom. The molecule has 0 amide bonds. The third-order valence-corrected chi connectivity index (χ3v) is 5.15. The summed E-state index contributed by atoms with van der Waals surface area (Å²) >= 11 is 13.6. The van der Waals surface area contributed by atoms with Gasteiger partial charge >= 0.3 is 0 Å². The topological polar surface area (TPSA) is 19.7 Å². The number of benzene rings is 1. The smallest absolute Gasteiger partial charge is 0.173 e. The van der Waals surface area contributed by atoms with Gasteiger partial charge in [0.25, 0.3) is 0 Å². The Balaban J connectivity index is 2.06. The van der Waals surface area contributed by atoms with E-state index >= 15 is 0 Å². The van der Waals surface area contributed by atoms with Crippen molar-refractivity contribution >= 4 is 46.0 Å². The van der Waals surface area contributed by atoms with Crippen LogP contribution in [0.3, 0.4) is 0 Å². The maximum absolute atomic E-state index is 6.20. The van der Waals surface area contributed by atoms with Crippen LogP contribution in [0.15, 0.2) is 35.7 Å². The van der Waals surface area contributed by atoms with Gasteiger partial charge in [0, 0.05) is 15.6 Å². The zero-order chi connectivity index (χ0) is 16.8. The summed E-state index contributed by atoms with van der Waals surface area (Å²) in [7, 11) is 4.30. The Bertz CT molecular complexity index is 641. The average molecular weight is 369 g/mol. The van der Waals surface area contributed by atoms with E-state index in [1.165, 1.54) is 9.78 Å². The van der Waals surface area contributed by atoms with E-state index < -0.39 is 0 Å². The van der Waals surface area contributed by atoms with Crippen molar-refractivity contribution in [3.63, 3.8) is 0 Å². The molecule has 124 valence electrons. The first-order valence-corrected chi connectivity index (χ1v) is 9.26. The molecule has 0 aliphatic carbocycles. The first-order chi connectivity index (χ1) is 11.0. The van der Waals surface area contributed by atoms with Gasteiger partial charge in [-0.1, -0.05) is 23.7 Å². The molecule has 0 bridgehead atoms. The molecule has 0 fully saturated rings. The molecule has 2 rings (SSSR count). The molecule has 3 nitrogen and oxygen atoms in total. The summed E-state index contributed by atoms with van der Waals surface area (Å²) in [6.07, 6.45) is 0. The quantitative estimate of drug-likeness (QED) is 0.764. The van der Waals surface area contributed by atoms with Crippen molar-refractivity contribution in [1.82, 2.24) is 4.90 Å². The van der Waals surface area contributed by atoms with Crippen LogP contribution >= 0.6 is 35.2 Å². The average Bonchev–Trinajstić information content (AvgIpc) is 3.00. The Labute approximate surface area is 152 Å². The number of anilines is 1. The number of thiocarbonyl (C=S) groups is 1. The van der Waals surface area contributed by atoms with Gasteiger partial charge < -0.3 is 15.1 Å². The van der Waals surface area contributed by atoms with Crippen LogP contribution < -0.4 is 10.2 Å². The number of quaternary nitrogens is 1. The van der Waals surface area contributed by atoms with Gasteiger partial charge in [-0.3, -0.25) is 0 Å². The van der Waals surface area contributed by atoms with Crippen LogP contribution in [0.1, 0.15) is 10.4 Å². The van der Waals surface area contributed by atoms with Gasteiger partial charge in [0.1, 0.15) is 0 Å². The number of nitrogens with zero attached hydrogens (tertiary/aromatic N) is 1. The maximum Gasteiger partial charge on any atom is 0.173 e. The van der Waals surface area contributed by atoms with E-state index in [2.05, 4.69) is 41.8 Å². The monoisotopic (exact) mass is 368 g/mol. The second-order valence-corrected chi connectivity index (χ2v) is 7.68. The first-order valence-electron chi connectivity index (χ1n) is 7.59. The molecule has 0 saturated heterocycles. The molecule has 2 N–H and O–H groups in total. The predicted molar refractivity (Wildman–Crippen MR) is 105 cm³/mol. The van der Waals surface area contributed by atoms with Crippen LogP contribution in [0.5, 0.6) is 0 Å². The number of hydrogen-bond donors (Lipinski definition) is 2. The maximum atomic E-state index is 6.20. The summed E-state index contributed by atoms with van der Waals surface area (Å²) in [5.41, 5.74) is 1.99. The van der Waals surface area contributed by atoms with Gasteiger partial charge in [-0.05, 0) is 48.3 Å². The highest BCUT2D eigenvalue weighted by Crippen LogP contribution is 2.20. The third kappa shape index (κ3) is 5.77. The highest BCUT2D eigenvalue weighted by atomic mass is 35.5. The summed E-state index contributed by atoms with van der Waals surface area (Å²) in [4.78, 5) is 4.93. The zero-order valence-corrected chi connectivity index (χ0v) is 16.1. The lowest BCUT2D eigenvalue weighted by Crippen LogP contribution is -3.06. The van der Waals surface area contributed by atoms with Gasteiger partial charge in [0.15, 0.2) is 5.11 Å². The summed E-state index contributed by atoms with van der Waals surface area (Å²) < 4.78 is 0. The lowest BCUT2D eigenvalue weighted by molar-refractivity contribution is -0.857. The van der Waals surface area contributed by atoms with E-state index in [-0.39, 0.29) is 0 Å². The summed E-state index contributed by atoms with van der Waals surface area (Å²) in [5, 5.41) is 6.90. The fraction of sp³-hybridized carbons (Fsp3) is 0.353. The molecule has 1 aromatic heterocycles. The van der Waals surface area contributed by atoms with E-state index in [0.717, 1.165) is 41.0 Å². The van der Waals surface area contributed by atoms with Crippen LogP contribution in [0, 0.1) is 6.92 Å². The van der Waals surface area contributed by atoms with Gasteiger partial charge in [-0.2, -0.15) is 0 Å². The molecular weight excluding hydrogens is 346 g/mol. The second-order valence-electron chi connectivity index (χ2n) is 5.85. The number of halogens is 1. The molecule has 0 unspecified atom stereocenters. The molecule has 0 aliphatic heterocycles. The first kappa shape index (κ1) is 18.2. The van der Waals surface area contributed by atoms with Gasteiger partial charge in [-0.25, -0.2) is 0 Å². The van der Waals surface area contributed by atoms with Crippen LogP contribution in [-0.2, 0) is 6.54 Å². The Morgan fingerprint density at radius 2 is 2.13 bits per heavy atom. The van der Waals surface area contributed by atoms with Crippen molar-refractivity contribution in [1.29, 1.82) is 0 Å². The van der Waals surface area contributed by atoms with E-state index in [1.807, 2.05) is 25.1 Å². The summed E-state index contributed by atoms with van der Waals surface area (Å²) in [6, 6.07) is 10.1. The summed E-state index contributed by atoms with van der Waals surface area (Å²) in [5.74, 6) is 0. The minimum absolute atomic E-state index is 0.736. The standard InChI is InChI=1S/C17H22ClN3S2/c1-13-6-7-14(11-16(13)18)19-17(22)21(9-8-20(2)3)12-15-5-4-10-23-15/h4-7,10-11H,8-9,12H2,1-3H3,(H,19,22)/p+1. The highest BCUT2D eigenvalue weighted by Gasteiger charge is 2.13. The fourth-order valence-electron chi connectivity index (χ4n) is 2.07. The van der Waals surface area contributed by atoms with Crippen LogP contribution in [0.25, 0.3) is 0 Å². The van der Waals surface area contributed by atoms with Crippen molar-refractivity contribution in [3.8, 4) is 0 Å². The molecule has 23 heavy (non-hydrogen) atoms. The molecule has 0 saturated carbocycles. The minimum Gasteiger partial charge on any atom is -0.338 e. The van der Waals surface area contributed by atoms with Crippen LogP contribution in [0.4, 0.5) is 5.69 Å². The molecule has 0 aliphatic rings. The number of nitrogens with one attached hydrogen (secondary N) is 2. The predicted octanol–water partition coefficient (Wildman–Crippen LogP) is 3.05. The zero-order valence-electron chi connectivity index (χ0n) is 13.7. The lowest BCUT2D eigenvalue weighted by Gasteiger charge is -2.26. The second kappa shape index (κ2) is 8.64. The van der Waals surface area contributed by atoms with Crippen molar-refractivity contribution in [2.45, 2.75) is 13.5 Å². The Hall–Kier alpha value is -1.14. The Kier molecular flexibility index (Phi) is 6.84. The SMILES string of the molecule is Cc1ccc(NC(=S)N(CC[NH+](C)C)Cc2cccs2)cc1Cl. The highest BCUT2D eigenvalue weighted by molar-refractivity contribution is 7.80. The number of hydrogen-bond acceptors (Lipinski definition) is 2. The normalized spacial score (nSPS) is 10.8. The number of thiophene rings is 1. The van der Waals surface area contributed by atoms with Crippen LogP contribution in [-0.4, -0.2) is 37.2 Å². The lowest BCUT2D eigenvalue weighted by atomic mass is 10.2. The molecule has 2 aromatic rings. The minimum atomic E-state index is 0.736. The molecular formula is C17H23ClN3S2+. The molecule has 0 radical (unpaired) electrons. The Morgan fingerprint density at radius 3 is 2.74 bits per heavy atom. The van der Waals surface area contributed by atoms with E-state index in [1.54, 1.807) is 11.3 Å². The van der Waals surface area contributed by atoms with E-state index in [9.17, 15) is 0 Å².